The van der Waals surface area contributed by atoms with Gasteiger partial charge in [-0.3, -0.25) is 9.69 Å². The van der Waals surface area contributed by atoms with Gasteiger partial charge in [0.05, 0.1) is 6.54 Å². The van der Waals surface area contributed by atoms with Gasteiger partial charge in [-0.25, -0.2) is 9.97 Å². The molecule has 2 fully saturated rings. The molecule has 2 bridgehead atoms. The molecule has 3 aliphatic rings. The summed E-state index contributed by atoms with van der Waals surface area (Å²) in [4.78, 5) is 30.1. The van der Waals surface area contributed by atoms with Crippen LogP contribution in [0.25, 0.3) is 15.7 Å². The first-order chi connectivity index (χ1) is 16.1. The molecule has 2 aromatic heterocycles. The Bertz CT molecular complexity index is 1190. The van der Waals surface area contributed by atoms with Crippen molar-refractivity contribution >= 4 is 38.9 Å². The molecule has 0 aliphatic carbocycles. The van der Waals surface area contributed by atoms with E-state index in [0.29, 0.717) is 25.2 Å². The summed E-state index contributed by atoms with van der Waals surface area (Å²) >= 11 is 1.84. The summed E-state index contributed by atoms with van der Waals surface area (Å²) in [6.07, 6.45) is 9.10. The third kappa shape index (κ3) is 4.04. The highest BCUT2D eigenvalue weighted by Gasteiger charge is 2.41. The number of anilines is 1. The van der Waals surface area contributed by atoms with Crippen LogP contribution >= 0.6 is 11.3 Å². The van der Waals surface area contributed by atoms with Crippen molar-refractivity contribution < 1.29 is 4.79 Å². The molecule has 33 heavy (non-hydrogen) atoms. The number of thiophene rings is 1. The van der Waals surface area contributed by atoms with Crippen LogP contribution in [0.1, 0.15) is 29.7 Å². The molecule has 6 nitrogen and oxygen atoms in total. The van der Waals surface area contributed by atoms with E-state index < -0.39 is 0 Å². The van der Waals surface area contributed by atoms with Gasteiger partial charge in [0.15, 0.2) is 0 Å². The zero-order chi connectivity index (χ0) is 22.4. The lowest BCUT2D eigenvalue weighted by Crippen LogP contribution is -2.56. The number of fused-ring (bicyclic) bond motifs is 3. The van der Waals surface area contributed by atoms with Crippen LogP contribution in [-0.2, 0) is 4.79 Å². The van der Waals surface area contributed by atoms with E-state index in [2.05, 4.69) is 57.0 Å². The molecule has 0 spiro atoms. The number of nitrogens with zero attached hydrogens (tertiary/aromatic N) is 5. The number of rotatable bonds is 4. The number of benzene rings is 1. The molecule has 0 N–H and O–H groups in total. The molecule has 5 heterocycles. The lowest BCUT2D eigenvalue weighted by Gasteiger charge is -2.41. The van der Waals surface area contributed by atoms with E-state index >= 15 is 0 Å². The number of aromatic nitrogens is 2. The molecular formula is C26H29N5OS. The maximum Gasteiger partial charge on any atom is 0.237 e. The Morgan fingerprint density at radius 1 is 1.12 bits per heavy atom. The molecule has 2 unspecified atom stereocenters. The van der Waals surface area contributed by atoms with Crippen LogP contribution in [0.2, 0.25) is 0 Å². The molecule has 3 aromatic rings. The van der Waals surface area contributed by atoms with Gasteiger partial charge in [-0.05, 0) is 67.0 Å². The molecule has 3 aliphatic heterocycles. The third-order valence-electron chi connectivity index (χ3n) is 7.27. The van der Waals surface area contributed by atoms with Crippen LogP contribution in [0, 0.1) is 6.92 Å². The van der Waals surface area contributed by atoms with Gasteiger partial charge >= 0.3 is 0 Å². The number of carbonyl (C=O) groups is 1. The molecule has 2 saturated heterocycles. The van der Waals surface area contributed by atoms with E-state index in [-0.39, 0.29) is 5.91 Å². The second kappa shape index (κ2) is 8.54. The minimum Gasteiger partial charge on any atom is -0.338 e. The van der Waals surface area contributed by atoms with E-state index in [9.17, 15) is 4.79 Å². The van der Waals surface area contributed by atoms with Crippen LogP contribution in [-0.4, -0.2) is 70.5 Å². The highest BCUT2D eigenvalue weighted by Crippen LogP contribution is 2.33. The van der Waals surface area contributed by atoms with Crippen molar-refractivity contribution in [3.05, 3.63) is 59.2 Å². The van der Waals surface area contributed by atoms with Gasteiger partial charge in [0, 0.05) is 60.2 Å². The highest BCUT2D eigenvalue weighted by atomic mass is 32.1. The first-order valence-electron chi connectivity index (χ1n) is 11.9. The van der Waals surface area contributed by atoms with E-state index in [1.807, 2.05) is 34.7 Å². The van der Waals surface area contributed by atoms with E-state index in [4.69, 9.17) is 0 Å². The van der Waals surface area contributed by atoms with Gasteiger partial charge in [0.2, 0.25) is 11.9 Å². The summed E-state index contributed by atoms with van der Waals surface area (Å²) in [6, 6.07) is 11.7. The van der Waals surface area contributed by atoms with Crippen molar-refractivity contribution in [3.8, 4) is 0 Å². The number of hydrogen-bond acceptors (Lipinski definition) is 6. The second-order valence-electron chi connectivity index (χ2n) is 9.46. The summed E-state index contributed by atoms with van der Waals surface area (Å²) in [5.41, 5.74) is 2.66. The SMILES string of the molecule is Cc1cc2cc(C3=CCN(C(=O)CN4CC5CCC(C4)N5c4ncccn4)CC3)ccc2s1. The van der Waals surface area contributed by atoms with Crippen LogP contribution in [0.5, 0.6) is 0 Å². The smallest absolute Gasteiger partial charge is 0.237 e. The number of aryl methyl sites for hydroxylation is 1. The topological polar surface area (TPSA) is 52.6 Å². The van der Waals surface area contributed by atoms with Crippen LogP contribution in [0.3, 0.4) is 0 Å². The van der Waals surface area contributed by atoms with Crippen molar-refractivity contribution in [3.63, 3.8) is 0 Å². The first-order valence-corrected chi connectivity index (χ1v) is 12.7. The third-order valence-corrected chi connectivity index (χ3v) is 8.30. The predicted octanol–water partition coefficient (Wildman–Crippen LogP) is 3.97. The predicted molar refractivity (Wildman–Crippen MR) is 133 cm³/mol. The standard InChI is InChI=1S/C26H29N5OS/c1-18-13-21-14-20(3-6-24(21)33-18)19-7-11-30(12-8-19)25(32)17-29-15-22-4-5-23(16-29)31(22)26-27-9-2-10-28-26/h2-3,6-7,9-10,13-14,22-23H,4-5,8,11-12,15-17H2,1H3. The molecule has 170 valence electrons. The van der Waals surface area contributed by atoms with Crippen molar-refractivity contribution in [2.45, 2.75) is 38.3 Å². The minimum atomic E-state index is 0.248. The molecule has 0 radical (unpaired) electrons. The fourth-order valence-electron chi connectivity index (χ4n) is 5.70. The van der Waals surface area contributed by atoms with Gasteiger partial charge in [-0.2, -0.15) is 0 Å². The summed E-state index contributed by atoms with van der Waals surface area (Å²) in [6.45, 7) is 6.01. The van der Waals surface area contributed by atoms with Gasteiger partial charge in [-0.1, -0.05) is 12.1 Å². The number of carbonyl (C=O) groups excluding carboxylic acids is 1. The Hall–Kier alpha value is -2.77. The quantitative estimate of drug-likeness (QED) is 0.591. The Morgan fingerprint density at radius 2 is 1.91 bits per heavy atom. The van der Waals surface area contributed by atoms with Crippen molar-refractivity contribution in [1.29, 1.82) is 0 Å². The molecular weight excluding hydrogens is 430 g/mol. The Labute approximate surface area is 198 Å². The number of piperazine rings is 1. The molecule has 2 atom stereocenters. The van der Waals surface area contributed by atoms with Gasteiger partial charge in [0.1, 0.15) is 0 Å². The average molecular weight is 460 g/mol. The first kappa shape index (κ1) is 20.8. The summed E-state index contributed by atoms with van der Waals surface area (Å²) in [5, 5.41) is 1.32. The molecule has 7 heteroatoms. The van der Waals surface area contributed by atoms with E-state index in [0.717, 1.165) is 44.8 Å². The average Bonchev–Trinajstić information content (AvgIpc) is 3.34. The van der Waals surface area contributed by atoms with Gasteiger partial charge in [-0.15, -0.1) is 11.3 Å². The van der Waals surface area contributed by atoms with Gasteiger partial charge < -0.3 is 9.80 Å². The van der Waals surface area contributed by atoms with Crippen molar-refractivity contribution in [2.75, 3.05) is 37.6 Å². The number of amides is 1. The molecule has 1 amide bonds. The van der Waals surface area contributed by atoms with E-state index in [1.54, 1.807) is 0 Å². The Morgan fingerprint density at radius 3 is 2.64 bits per heavy atom. The minimum absolute atomic E-state index is 0.248. The Kier molecular flexibility index (Phi) is 5.38. The largest absolute Gasteiger partial charge is 0.338 e. The zero-order valence-corrected chi connectivity index (χ0v) is 19.8. The maximum atomic E-state index is 13.1. The fourth-order valence-corrected chi connectivity index (χ4v) is 6.60. The lowest BCUT2D eigenvalue weighted by molar-refractivity contribution is -0.132. The summed E-state index contributed by atoms with van der Waals surface area (Å²) in [7, 11) is 0. The van der Waals surface area contributed by atoms with Crippen LogP contribution in [0.15, 0.2) is 48.8 Å². The van der Waals surface area contributed by atoms with Crippen molar-refractivity contribution in [2.24, 2.45) is 0 Å². The second-order valence-corrected chi connectivity index (χ2v) is 10.8. The molecule has 0 saturated carbocycles. The number of hydrogen-bond donors (Lipinski definition) is 0. The van der Waals surface area contributed by atoms with Crippen LogP contribution < -0.4 is 4.90 Å². The fraction of sp³-hybridized carbons (Fsp3) is 0.423. The lowest BCUT2D eigenvalue weighted by atomic mass is 9.98. The monoisotopic (exact) mass is 459 g/mol. The Balaban J connectivity index is 1.08. The summed E-state index contributed by atoms with van der Waals surface area (Å²) < 4.78 is 1.34. The molecule has 6 rings (SSSR count). The highest BCUT2D eigenvalue weighted by molar-refractivity contribution is 7.19. The molecule has 1 aromatic carbocycles. The number of likely N-dealkylation sites (tertiary alicyclic amines) is 1. The zero-order valence-electron chi connectivity index (χ0n) is 19.0. The van der Waals surface area contributed by atoms with Crippen LogP contribution in [0.4, 0.5) is 5.95 Å². The summed E-state index contributed by atoms with van der Waals surface area (Å²) in [5.74, 6) is 1.08. The van der Waals surface area contributed by atoms with Gasteiger partial charge in [0.25, 0.3) is 0 Å². The normalized spacial score (nSPS) is 23.2. The van der Waals surface area contributed by atoms with E-state index in [1.165, 1.54) is 26.1 Å². The van der Waals surface area contributed by atoms with Crippen molar-refractivity contribution in [1.82, 2.24) is 19.8 Å². The maximum absolute atomic E-state index is 13.1.